The number of morpholine rings is 1. The fourth-order valence-corrected chi connectivity index (χ4v) is 3.74. The molecule has 2 aromatic carbocycles. The molecule has 148 valence electrons. The number of anilines is 1. The summed E-state index contributed by atoms with van der Waals surface area (Å²) in [6, 6.07) is 10.5. The minimum absolute atomic E-state index is 0.0544. The molecule has 2 aromatic rings. The minimum Gasteiger partial charge on any atom is -0.379 e. The molecule has 0 bridgehead atoms. The third-order valence-corrected chi connectivity index (χ3v) is 5.45. The predicted octanol–water partition coefficient (Wildman–Crippen LogP) is 3.34. The van der Waals surface area contributed by atoms with Crippen LogP contribution in [0.15, 0.2) is 36.4 Å². The Bertz CT molecular complexity index is 871. The van der Waals surface area contributed by atoms with Gasteiger partial charge in [0, 0.05) is 37.4 Å². The van der Waals surface area contributed by atoms with Gasteiger partial charge in [0.25, 0.3) is 5.91 Å². The minimum atomic E-state index is -0.448. The molecule has 2 heterocycles. The van der Waals surface area contributed by atoms with E-state index in [1.807, 2.05) is 18.2 Å². The third kappa shape index (κ3) is 4.20. The smallest absolute Gasteiger partial charge is 0.253 e. The van der Waals surface area contributed by atoms with Crippen LogP contribution >= 0.6 is 11.6 Å². The molecular weight excluding hydrogens is 383 g/mol. The van der Waals surface area contributed by atoms with E-state index >= 15 is 0 Å². The molecule has 0 aliphatic carbocycles. The van der Waals surface area contributed by atoms with Crippen LogP contribution in [-0.2, 0) is 20.9 Å². The third-order valence-electron chi connectivity index (χ3n) is 5.16. The van der Waals surface area contributed by atoms with Crippen molar-refractivity contribution >= 4 is 23.2 Å². The molecule has 0 N–H and O–H groups in total. The lowest BCUT2D eigenvalue weighted by Crippen LogP contribution is -2.43. The summed E-state index contributed by atoms with van der Waals surface area (Å²) in [7, 11) is 0. The van der Waals surface area contributed by atoms with Crippen molar-refractivity contribution in [3.8, 4) is 11.1 Å². The lowest BCUT2D eigenvalue weighted by Gasteiger charge is -2.30. The van der Waals surface area contributed by atoms with Gasteiger partial charge >= 0.3 is 0 Å². The van der Waals surface area contributed by atoms with Crippen molar-refractivity contribution in [2.45, 2.75) is 6.61 Å². The summed E-state index contributed by atoms with van der Waals surface area (Å²) in [4.78, 5) is 16.8. The molecule has 7 heteroatoms. The molecule has 0 atom stereocenters. The Morgan fingerprint density at radius 3 is 2.50 bits per heavy atom. The van der Waals surface area contributed by atoms with E-state index in [-0.39, 0.29) is 17.5 Å². The number of amides is 1. The Morgan fingerprint density at radius 1 is 0.964 bits per heavy atom. The first-order valence-corrected chi connectivity index (χ1v) is 9.76. The summed E-state index contributed by atoms with van der Waals surface area (Å²) < 4.78 is 24.4. The second-order valence-corrected chi connectivity index (χ2v) is 7.37. The molecule has 5 nitrogen and oxygen atoms in total. The van der Waals surface area contributed by atoms with Crippen molar-refractivity contribution < 1.29 is 18.7 Å². The first kappa shape index (κ1) is 19.3. The molecule has 2 aliphatic rings. The van der Waals surface area contributed by atoms with Gasteiger partial charge in [0.2, 0.25) is 0 Å². The summed E-state index contributed by atoms with van der Waals surface area (Å²) in [5, 5.41) is 0.0797. The summed E-state index contributed by atoms with van der Waals surface area (Å²) in [6.07, 6.45) is 0. The average molecular weight is 405 g/mol. The van der Waals surface area contributed by atoms with E-state index in [2.05, 4.69) is 4.90 Å². The van der Waals surface area contributed by atoms with Crippen molar-refractivity contribution in [1.82, 2.24) is 4.90 Å². The Balaban J connectivity index is 1.62. The largest absolute Gasteiger partial charge is 0.379 e. The second-order valence-electron chi connectivity index (χ2n) is 6.96. The lowest BCUT2D eigenvalue weighted by molar-refractivity contribution is -0.123. The number of hydrogen-bond acceptors (Lipinski definition) is 4. The van der Waals surface area contributed by atoms with Gasteiger partial charge in [0.1, 0.15) is 12.4 Å². The number of carbonyl (C=O) groups excluding carboxylic acids is 1. The average Bonchev–Trinajstić information content (AvgIpc) is 2.87. The van der Waals surface area contributed by atoms with E-state index in [0.29, 0.717) is 13.2 Å². The van der Waals surface area contributed by atoms with Crippen LogP contribution in [0.25, 0.3) is 11.1 Å². The van der Waals surface area contributed by atoms with Gasteiger partial charge in [-0.05, 0) is 29.3 Å². The molecule has 0 unspecified atom stereocenters. The quantitative estimate of drug-likeness (QED) is 0.783. The molecule has 2 aliphatic heterocycles. The molecule has 0 saturated carbocycles. The topological polar surface area (TPSA) is 42.0 Å². The van der Waals surface area contributed by atoms with Crippen molar-refractivity contribution in [2.24, 2.45) is 0 Å². The van der Waals surface area contributed by atoms with Crippen LogP contribution in [0.3, 0.4) is 0 Å². The maximum absolute atomic E-state index is 13.5. The van der Waals surface area contributed by atoms with Crippen LogP contribution in [0, 0.1) is 5.82 Å². The number of hydrogen-bond donors (Lipinski definition) is 0. The first-order valence-electron chi connectivity index (χ1n) is 9.38. The Labute approximate surface area is 168 Å². The van der Waals surface area contributed by atoms with Crippen molar-refractivity contribution in [1.29, 1.82) is 0 Å². The summed E-state index contributed by atoms with van der Waals surface area (Å²) >= 11 is 5.95. The van der Waals surface area contributed by atoms with E-state index < -0.39 is 5.82 Å². The normalized spacial score (nSPS) is 18.1. The van der Waals surface area contributed by atoms with Crippen molar-refractivity contribution in [3.05, 3.63) is 52.8 Å². The molecule has 28 heavy (non-hydrogen) atoms. The van der Waals surface area contributed by atoms with Crippen LogP contribution in [0.5, 0.6) is 0 Å². The first-order chi connectivity index (χ1) is 13.6. The standard InChI is InChI=1S/C21H22ClFN2O3/c22-18-11-15(3-4-19(18)23)16-1-2-17-13-28-14-21(26)25(20(17)12-16)6-5-24-7-9-27-10-8-24/h1-4,11-12H,5-10,13-14H2. The van der Waals surface area contributed by atoms with Gasteiger partial charge in [-0.1, -0.05) is 29.8 Å². The molecule has 1 fully saturated rings. The van der Waals surface area contributed by atoms with Crippen molar-refractivity contribution in [3.63, 3.8) is 0 Å². The highest BCUT2D eigenvalue weighted by atomic mass is 35.5. The number of fused-ring (bicyclic) bond motifs is 1. The molecule has 1 amide bonds. The number of halogens is 2. The van der Waals surface area contributed by atoms with Gasteiger partial charge in [-0.15, -0.1) is 0 Å². The highest BCUT2D eigenvalue weighted by molar-refractivity contribution is 6.31. The maximum atomic E-state index is 13.5. The van der Waals surface area contributed by atoms with Crippen LogP contribution in [0.1, 0.15) is 5.56 Å². The number of rotatable bonds is 4. The summed E-state index contributed by atoms with van der Waals surface area (Å²) in [5.74, 6) is -0.503. The number of benzene rings is 2. The van der Waals surface area contributed by atoms with Gasteiger partial charge < -0.3 is 14.4 Å². The zero-order valence-corrected chi connectivity index (χ0v) is 16.3. The number of ether oxygens (including phenoxy) is 2. The molecule has 4 rings (SSSR count). The lowest BCUT2D eigenvalue weighted by atomic mass is 10.0. The maximum Gasteiger partial charge on any atom is 0.253 e. The molecular formula is C21H22ClFN2O3. The van der Waals surface area contributed by atoms with E-state index in [0.717, 1.165) is 55.2 Å². The van der Waals surface area contributed by atoms with Gasteiger partial charge in [-0.2, -0.15) is 0 Å². The van der Waals surface area contributed by atoms with Crippen LogP contribution < -0.4 is 4.90 Å². The van der Waals surface area contributed by atoms with Gasteiger partial charge in [-0.3, -0.25) is 9.69 Å². The molecule has 0 aromatic heterocycles. The van der Waals surface area contributed by atoms with E-state index in [4.69, 9.17) is 21.1 Å². The summed E-state index contributed by atoms with van der Waals surface area (Å²) in [6.45, 7) is 5.02. The highest BCUT2D eigenvalue weighted by Gasteiger charge is 2.24. The fourth-order valence-electron chi connectivity index (χ4n) is 3.56. The highest BCUT2D eigenvalue weighted by Crippen LogP contribution is 2.32. The van der Waals surface area contributed by atoms with Crippen LogP contribution in [0.2, 0.25) is 5.02 Å². The molecule has 0 spiro atoms. The van der Waals surface area contributed by atoms with Gasteiger partial charge in [0.05, 0.1) is 24.8 Å². The van der Waals surface area contributed by atoms with E-state index in [1.165, 1.54) is 6.07 Å². The second kappa shape index (κ2) is 8.57. The fraction of sp³-hybridized carbons (Fsp3) is 0.381. The number of carbonyl (C=O) groups is 1. The molecule has 1 saturated heterocycles. The SMILES string of the molecule is O=C1COCc2ccc(-c3ccc(F)c(Cl)c3)cc2N1CCN1CCOCC1. The van der Waals surface area contributed by atoms with E-state index in [9.17, 15) is 9.18 Å². The Morgan fingerprint density at radius 2 is 1.71 bits per heavy atom. The van der Waals surface area contributed by atoms with E-state index in [1.54, 1.807) is 17.0 Å². The summed E-state index contributed by atoms with van der Waals surface area (Å²) in [5.41, 5.74) is 3.49. The number of nitrogens with zero attached hydrogens (tertiary/aromatic N) is 2. The zero-order valence-electron chi connectivity index (χ0n) is 15.5. The zero-order chi connectivity index (χ0) is 19.5. The van der Waals surface area contributed by atoms with Crippen LogP contribution in [-0.4, -0.2) is 56.8 Å². The van der Waals surface area contributed by atoms with Gasteiger partial charge in [0.15, 0.2) is 0 Å². The van der Waals surface area contributed by atoms with Crippen LogP contribution in [0.4, 0.5) is 10.1 Å². The van der Waals surface area contributed by atoms with Crippen molar-refractivity contribution in [2.75, 3.05) is 50.9 Å². The van der Waals surface area contributed by atoms with Gasteiger partial charge in [-0.25, -0.2) is 4.39 Å². The predicted molar refractivity (Wildman–Crippen MR) is 106 cm³/mol. The Kier molecular flexibility index (Phi) is 5.92. The monoisotopic (exact) mass is 404 g/mol. The molecule has 0 radical (unpaired) electrons. The Hall–Kier alpha value is -1.99.